The van der Waals surface area contributed by atoms with E-state index in [2.05, 4.69) is 10.6 Å². The highest BCUT2D eigenvalue weighted by Crippen LogP contribution is 2.28. The monoisotopic (exact) mass is 422 g/mol. The number of methoxy groups -OCH3 is 3. The molecule has 0 atom stereocenters. The maximum atomic E-state index is 12.9. The van der Waals surface area contributed by atoms with Crippen LogP contribution in [0.15, 0.2) is 71.0 Å². The molecule has 0 bridgehead atoms. The van der Waals surface area contributed by atoms with E-state index in [1.54, 1.807) is 55.6 Å². The number of nitrogens with one attached hydrogen (secondary N) is 2. The van der Waals surface area contributed by atoms with Gasteiger partial charge in [0.05, 0.1) is 27.6 Å². The van der Waals surface area contributed by atoms with Crippen molar-refractivity contribution < 1.29 is 28.2 Å². The normalized spacial score (nSPS) is 10.9. The van der Waals surface area contributed by atoms with Gasteiger partial charge in [0, 0.05) is 5.69 Å². The Morgan fingerprint density at radius 1 is 0.903 bits per heavy atom. The molecule has 1 heterocycles. The summed E-state index contributed by atoms with van der Waals surface area (Å²) in [6.07, 6.45) is 2.91. The summed E-state index contributed by atoms with van der Waals surface area (Å²) in [6, 6.07) is 15.0. The van der Waals surface area contributed by atoms with E-state index in [1.165, 1.54) is 32.6 Å². The van der Waals surface area contributed by atoms with Crippen molar-refractivity contribution in [2.24, 2.45) is 0 Å². The fourth-order valence-electron chi connectivity index (χ4n) is 2.73. The molecule has 0 spiro atoms. The number of amides is 2. The largest absolute Gasteiger partial charge is 0.497 e. The van der Waals surface area contributed by atoms with E-state index < -0.39 is 11.8 Å². The number of benzene rings is 2. The average molecular weight is 422 g/mol. The third-order valence-corrected chi connectivity index (χ3v) is 4.30. The van der Waals surface area contributed by atoms with E-state index in [-0.39, 0.29) is 11.5 Å². The van der Waals surface area contributed by atoms with E-state index in [9.17, 15) is 9.59 Å². The van der Waals surface area contributed by atoms with Crippen LogP contribution in [0.4, 0.5) is 5.69 Å². The van der Waals surface area contributed by atoms with Crippen LogP contribution < -0.4 is 24.8 Å². The highest BCUT2D eigenvalue weighted by molar-refractivity contribution is 6.10. The number of hydrogen-bond acceptors (Lipinski definition) is 6. The zero-order chi connectivity index (χ0) is 22.2. The fourth-order valence-corrected chi connectivity index (χ4v) is 2.73. The first-order valence-electron chi connectivity index (χ1n) is 9.28. The molecule has 0 aliphatic carbocycles. The van der Waals surface area contributed by atoms with Gasteiger partial charge >= 0.3 is 0 Å². The Balaban J connectivity index is 1.90. The first-order chi connectivity index (χ1) is 15.0. The van der Waals surface area contributed by atoms with Gasteiger partial charge in [0.25, 0.3) is 11.8 Å². The van der Waals surface area contributed by atoms with Crippen molar-refractivity contribution in [1.82, 2.24) is 5.32 Å². The van der Waals surface area contributed by atoms with Gasteiger partial charge < -0.3 is 29.3 Å². The van der Waals surface area contributed by atoms with Crippen LogP contribution >= 0.6 is 0 Å². The number of anilines is 1. The Hall–Kier alpha value is -4.20. The van der Waals surface area contributed by atoms with E-state index in [1.807, 2.05) is 0 Å². The van der Waals surface area contributed by atoms with Crippen LogP contribution in [0.3, 0.4) is 0 Å². The summed E-state index contributed by atoms with van der Waals surface area (Å²) >= 11 is 0. The lowest BCUT2D eigenvalue weighted by atomic mass is 10.1. The number of hydrogen-bond donors (Lipinski definition) is 2. The van der Waals surface area contributed by atoms with Crippen molar-refractivity contribution >= 4 is 23.6 Å². The van der Waals surface area contributed by atoms with E-state index in [0.29, 0.717) is 28.5 Å². The molecule has 2 amide bonds. The lowest BCUT2D eigenvalue weighted by Gasteiger charge is -2.12. The van der Waals surface area contributed by atoms with Gasteiger partial charge in [-0.1, -0.05) is 6.07 Å². The van der Waals surface area contributed by atoms with Crippen molar-refractivity contribution in [2.75, 3.05) is 26.6 Å². The summed E-state index contributed by atoms with van der Waals surface area (Å²) in [6.45, 7) is 0. The van der Waals surface area contributed by atoms with Gasteiger partial charge in [0.1, 0.15) is 11.4 Å². The molecule has 0 fully saturated rings. The molecule has 2 aromatic carbocycles. The third-order valence-electron chi connectivity index (χ3n) is 4.30. The summed E-state index contributed by atoms with van der Waals surface area (Å²) in [5.41, 5.74) is 1.18. The molecule has 160 valence electrons. The standard InChI is InChI=1S/C23H22N2O6/c1-28-17-9-7-16(8-10-17)24-22(26)18(25-23(27)20-5-4-12-31-20)13-15-6-11-19(29-2)21(14-15)30-3/h4-14H,1-3H3,(H,24,26)(H,25,27). The Morgan fingerprint density at radius 3 is 2.26 bits per heavy atom. The van der Waals surface area contributed by atoms with Gasteiger partial charge in [0.2, 0.25) is 0 Å². The van der Waals surface area contributed by atoms with Crippen LogP contribution in [0.5, 0.6) is 17.2 Å². The minimum atomic E-state index is -0.554. The molecule has 2 N–H and O–H groups in total. The molecule has 3 aromatic rings. The second kappa shape index (κ2) is 10.0. The van der Waals surface area contributed by atoms with E-state index in [4.69, 9.17) is 18.6 Å². The lowest BCUT2D eigenvalue weighted by molar-refractivity contribution is -0.113. The molecule has 8 nitrogen and oxygen atoms in total. The Kier molecular flexibility index (Phi) is 6.95. The third kappa shape index (κ3) is 5.45. The van der Waals surface area contributed by atoms with Crippen molar-refractivity contribution in [2.45, 2.75) is 0 Å². The number of carbonyl (C=O) groups is 2. The molecule has 3 rings (SSSR count). The summed E-state index contributed by atoms with van der Waals surface area (Å²) in [7, 11) is 4.60. The van der Waals surface area contributed by atoms with Crippen LogP contribution in [-0.4, -0.2) is 33.1 Å². The van der Waals surface area contributed by atoms with Crippen molar-refractivity contribution in [3.05, 3.63) is 77.9 Å². The second-order valence-corrected chi connectivity index (χ2v) is 6.29. The quantitative estimate of drug-likeness (QED) is 0.537. The van der Waals surface area contributed by atoms with Gasteiger partial charge in [-0.25, -0.2) is 0 Å². The van der Waals surface area contributed by atoms with Crippen LogP contribution in [0.2, 0.25) is 0 Å². The summed E-state index contributed by atoms with van der Waals surface area (Å²) in [5.74, 6) is 0.703. The molecule has 0 aliphatic heterocycles. The van der Waals surface area contributed by atoms with E-state index in [0.717, 1.165) is 0 Å². The topological polar surface area (TPSA) is 99.0 Å². The van der Waals surface area contributed by atoms with Gasteiger partial charge in [-0.3, -0.25) is 9.59 Å². The first-order valence-corrected chi connectivity index (χ1v) is 9.28. The Labute approximate surface area is 179 Å². The predicted octanol–water partition coefficient (Wildman–Crippen LogP) is 3.72. The molecule has 0 unspecified atom stereocenters. The van der Waals surface area contributed by atoms with Crippen molar-refractivity contribution in [3.8, 4) is 17.2 Å². The predicted molar refractivity (Wildman–Crippen MR) is 115 cm³/mol. The minimum absolute atomic E-state index is 0.0180. The zero-order valence-corrected chi connectivity index (χ0v) is 17.3. The first kappa shape index (κ1) is 21.5. The second-order valence-electron chi connectivity index (χ2n) is 6.29. The number of ether oxygens (including phenoxy) is 3. The van der Waals surface area contributed by atoms with Crippen LogP contribution in [-0.2, 0) is 4.79 Å². The Bertz CT molecular complexity index is 1070. The maximum absolute atomic E-state index is 12.9. The van der Waals surface area contributed by atoms with Crippen molar-refractivity contribution in [3.63, 3.8) is 0 Å². The summed E-state index contributed by atoms with van der Waals surface area (Å²) in [4.78, 5) is 25.4. The van der Waals surface area contributed by atoms with Gasteiger partial charge in [-0.15, -0.1) is 0 Å². The molecule has 0 radical (unpaired) electrons. The number of carbonyl (C=O) groups excluding carboxylic acids is 2. The molecular formula is C23H22N2O6. The fraction of sp³-hybridized carbons (Fsp3) is 0.130. The lowest BCUT2D eigenvalue weighted by Crippen LogP contribution is -2.30. The highest BCUT2D eigenvalue weighted by atomic mass is 16.5. The van der Waals surface area contributed by atoms with Gasteiger partial charge in [0.15, 0.2) is 17.3 Å². The molecule has 1 aromatic heterocycles. The number of rotatable bonds is 8. The number of furan rings is 1. The molecular weight excluding hydrogens is 400 g/mol. The summed E-state index contributed by atoms with van der Waals surface area (Å²) in [5, 5.41) is 5.35. The van der Waals surface area contributed by atoms with Crippen LogP contribution in [0, 0.1) is 0 Å². The van der Waals surface area contributed by atoms with Gasteiger partial charge in [-0.05, 0) is 60.2 Å². The van der Waals surface area contributed by atoms with Crippen LogP contribution in [0.1, 0.15) is 16.1 Å². The average Bonchev–Trinajstić information content (AvgIpc) is 3.34. The smallest absolute Gasteiger partial charge is 0.291 e. The molecule has 8 heteroatoms. The summed E-state index contributed by atoms with van der Waals surface area (Å²) < 4.78 is 20.8. The molecule has 31 heavy (non-hydrogen) atoms. The van der Waals surface area contributed by atoms with E-state index >= 15 is 0 Å². The SMILES string of the molecule is COc1ccc(NC(=O)C(=Cc2ccc(OC)c(OC)c2)NC(=O)c2ccco2)cc1. The highest BCUT2D eigenvalue weighted by Gasteiger charge is 2.17. The van der Waals surface area contributed by atoms with Crippen molar-refractivity contribution in [1.29, 1.82) is 0 Å². The molecule has 0 aliphatic rings. The maximum Gasteiger partial charge on any atom is 0.291 e. The zero-order valence-electron chi connectivity index (χ0n) is 17.3. The molecule has 0 saturated carbocycles. The van der Waals surface area contributed by atoms with Crippen LogP contribution in [0.25, 0.3) is 6.08 Å². The molecule has 0 saturated heterocycles. The van der Waals surface area contributed by atoms with Gasteiger partial charge in [-0.2, -0.15) is 0 Å². The Morgan fingerprint density at radius 2 is 1.65 bits per heavy atom. The minimum Gasteiger partial charge on any atom is -0.497 e.